The molecule has 1 amide bonds. The topological polar surface area (TPSA) is 61.9 Å². The van der Waals surface area contributed by atoms with Crippen molar-refractivity contribution < 1.29 is 14.3 Å². The molecule has 0 bridgehead atoms. The minimum absolute atomic E-state index is 0.0457. The molecule has 0 spiro atoms. The van der Waals surface area contributed by atoms with Crippen molar-refractivity contribution in [1.29, 1.82) is 0 Å². The SMILES string of the molecule is CC[C@H](C)[C@@H](NC(=O)CN1CCN(c2ccccc2C)CC1)C(=O)OC. The molecule has 1 N–H and O–H groups in total. The summed E-state index contributed by atoms with van der Waals surface area (Å²) >= 11 is 0. The van der Waals surface area contributed by atoms with Crippen molar-refractivity contribution >= 4 is 17.6 Å². The zero-order chi connectivity index (χ0) is 19.1. The Morgan fingerprint density at radius 1 is 1.19 bits per heavy atom. The highest BCUT2D eigenvalue weighted by molar-refractivity contribution is 5.85. The van der Waals surface area contributed by atoms with Gasteiger partial charge >= 0.3 is 5.97 Å². The number of methoxy groups -OCH3 is 1. The minimum Gasteiger partial charge on any atom is -0.467 e. The van der Waals surface area contributed by atoms with Gasteiger partial charge in [-0.05, 0) is 24.5 Å². The second-order valence-corrected chi connectivity index (χ2v) is 7.00. The molecule has 1 aromatic carbocycles. The Kier molecular flexibility index (Phi) is 7.45. The fraction of sp³-hybridized carbons (Fsp3) is 0.600. The lowest BCUT2D eigenvalue weighted by atomic mass is 9.99. The highest BCUT2D eigenvalue weighted by Crippen LogP contribution is 2.20. The highest BCUT2D eigenvalue weighted by atomic mass is 16.5. The van der Waals surface area contributed by atoms with E-state index in [1.807, 2.05) is 13.8 Å². The van der Waals surface area contributed by atoms with Crippen molar-refractivity contribution in [3.63, 3.8) is 0 Å². The van der Waals surface area contributed by atoms with Crippen LogP contribution in [0.3, 0.4) is 0 Å². The number of anilines is 1. The Labute approximate surface area is 156 Å². The van der Waals surface area contributed by atoms with E-state index in [-0.39, 0.29) is 17.8 Å². The summed E-state index contributed by atoms with van der Waals surface area (Å²) in [6.45, 7) is 9.82. The molecule has 0 aromatic heterocycles. The Morgan fingerprint density at radius 2 is 1.85 bits per heavy atom. The fourth-order valence-electron chi connectivity index (χ4n) is 3.28. The number of ether oxygens (including phenoxy) is 1. The number of aryl methyl sites for hydroxylation is 1. The number of piperazine rings is 1. The van der Waals surface area contributed by atoms with E-state index in [1.165, 1.54) is 18.4 Å². The molecule has 1 heterocycles. The Bertz CT molecular complexity index is 612. The van der Waals surface area contributed by atoms with Gasteiger partial charge < -0.3 is 15.0 Å². The summed E-state index contributed by atoms with van der Waals surface area (Å²) in [7, 11) is 1.36. The summed E-state index contributed by atoms with van der Waals surface area (Å²) in [5, 5.41) is 2.85. The number of nitrogens with one attached hydrogen (secondary N) is 1. The van der Waals surface area contributed by atoms with Crippen LogP contribution in [0, 0.1) is 12.8 Å². The molecule has 0 saturated carbocycles. The molecule has 26 heavy (non-hydrogen) atoms. The van der Waals surface area contributed by atoms with Gasteiger partial charge in [0.05, 0.1) is 13.7 Å². The maximum absolute atomic E-state index is 12.4. The van der Waals surface area contributed by atoms with Gasteiger partial charge in [0.15, 0.2) is 0 Å². The third kappa shape index (κ3) is 5.21. The minimum atomic E-state index is -0.578. The number of carbonyl (C=O) groups is 2. The van der Waals surface area contributed by atoms with Crippen LogP contribution in [0.4, 0.5) is 5.69 Å². The zero-order valence-electron chi connectivity index (χ0n) is 16.3. The Balaban J connectivity index is 1.85. The molecular formula is C20H31N3O3. The van der Waals surface area contributed by atoms with Gasteiger partial charge in [0, 0.05) is 31.9 Å². The molecule has 0 unspecified atom stereocenters. The quantitative estimate of drug-likeness (QED) is 0.751. The molecule has 1 aromatic rings. The molecule has 2 atom stereocenters. The molecule has 144 valence electrons. The fourth-order valence-corrected chi connectivity index (χ4v) is 3.28. The molecule has 1 aliphatic rings. The third-order valence-electron chi connectivity index (χ3n) is 5.18. The van der Waals surface area contributed by atoms with Crippen molar-refractivity contribution in [3.8, 4) is 0 Å². The molecule has 6 heteroatoms. The van der Waals surface area contributed by atoms with Gasteiger partial charge in [-0.1, -0.05) is 38.5 Å². The van der Waals surface area contributed by atoms with Gasteiger partial charge in [0.25, 0.3) is 0 Å². The average molecular weight is 361 g/mol. The molecule has 0 radical (unpaired) electrons. The van der Waals surface area contributed by atoms with E-state index in [0.717, 1.165) is 32.6 Å². The van der Waals surface area contributed by atoms with E-state index in [0.29, 0.717) is 6.54 Å². The van der Waals surface area contributed by atoms with Gasteiger partial charge in [-0.15, -0.1) is 0 Å². The second-order valence-electron chi connectivity index (χ2n) is 7.00. The van der Waals surface area contributed by atoms with E-state index in [4.69, 9.17) is 4.74 Å². The second kappa shape index (κ2) is 9.57. The number of benzene rings is 1. The number of rotatable bonds is 7. The summed E-state index contributed by atoms with van der Waals surface area (Å²) in [4.78, 5) is 28.8. The van der Waals surface area contributed by atoms with Crippen LogP contribution in [0.1, 0.15) is 25.8 Å². The zero-order valence-corrected chi connectivity index (χ0v) is 16.3. The summed E-state index contributed by atoms with van der Waals surface area (Å²) in [6, 6.07) is 7.80. The van der Waals surface area contributed by atoms with Crippen molar-refractivity contribution in [2.75, 3.05) is 44.7 Å². The van der Waals surface area contributed by atoms with Crippen LogP contribution in [0.2, 0.25) is 0 Å². The van der Waals surface area contributed by atoms with Crippen molar-refractivity contribution in [2.24, 2.45) is 5.92 Å². The largest absolute Gasteiger partial charge is 0.467 e. The number of hydrogen-bond acceptors (Lipinski definition) is 5. The van der Waals surface area contributed by atoms with Gasteiger partial charge in [-0.2, -0.15) is 0 Å². The lowest BCUT2D eigenvalue weighted by Gasteiger charge is -2.36. The smallest absolute Gasteiger partial charge is 0.328 e. The first-order chi connectivity index (χ1) is 12.5. The molecule has 1 aliphatic heterocycles. The van der Waals surface area contributed by atoms with Crippen LogP contribution in [0.25, 0.3) is 0 Å². The van der Waals surface area contributed by atoms with Crippen molar-refractivity contribution in [1.82, 2.24) is 10.2 Å². The number of esters is 1. The van der Waals surface area contributed by atoms with E-state index in [1.54, 1.807) is 0 Å². The van der Waals surface area contributed by atoms with Gasteiger partial charge in [-0.25, -0.2) is 4.79 Å². The number of hydrogen-bond donors (Lipinski definition) is 1. The molecule has 6 nitrogen and oxygen atoms in total. The van der Waals surface area contributed by atoms with E-state index in [9.17, 15) is 9.59 Å². The summed E-state index contributed by atoms with van der Waals surface area (Å²) in [5.74, 6) is -0.452. The van der Waals surface area contributed by atoms with Gasteiger partial charge in [0.2, 0.25) is 5.91 Å². The Morgan fingerprint density at radius 3 is 2.42 bits per heavy atom. The maximum atomic E-state index is 12.4. The number of carbonyl (C=O) groups excluding carboxylic acids is 2. The summed E-state index contributed by atoms with van der Waals surface area (Å²) in [6.07, 6.45) is 0.801. The lowest BCUT2D eigenvalue weighted by Crippen LogP contribution is -2.52. The number of amides is 1. The Hall–Kier alpha value is -2.08. The first kappa shape index (κ1) is 20.2. The van der Waals surface area contributed by atoms with Crippen LogP contribution in [-0.4, -0.2) is 62.7 Å². The summed E-state index contributed by atoms with van der Waals surface area (Å²) < 4.78 is 4.83. The average Bonchev–Trinajstić information content (AvgIpc) is 2.66. The van der Waals surface area contributed by atoms with Crippen LogP contribution in [-0.2, 0) is 14.3 Å². The molecule has 1 saturated heterocycles. The van der Waals surface area contributed by atoms with Crippen LogP contribution in [0.5, 0.6) is 0 Å². The highest BCUT2D eigenvalue weighted by Gasteiger charge is 2.28. The lowest BCUT2D eigenvalue weighted by molar-refractivity contribution is -0.146. The van der Waals surface area contributed by atoms with Crippen LogP contribution in [0.15, 0.2) is 24.3 Å². The molecule has 2 rings (SSSR count). The van der Waals surface area contributed by atoms with Crippen LogP contribution < -0.4 is 10.2 Å². The monoisotopic (exact) mass is 361 g/mol. The first-order valence-corrected chi connectivity index (χ1v) is 9.36. The van der Waals surface area contributed by atoms with Crippen molar-refractivity contribution in [3.05, 3.63) is 29.8 Å². The predicted molar refractivity (Wildman–Crippen MR) is 103 cm³/mol. The van der Waals surface area contributed by atoms with Gasteiger partial charge in [-0.3, -0.25) is 9.69 Å². The third-order valence-corrected chi connectivity index (χ3v) is 5.18. The molecule has 1 fully saturated rings. The standard InChI is InChI=1S/C20H31N3O3/c1-5-15(2)19(20(25)26-4)21-18(24)14-22-10-12-23(13-11-22)17-9-7-6-8-16(17)3/h6-9,15,19H,5,10-14H2,1-4H3,(H,21,24)/t15-,19+/m0/s1. The molecule has 0 aliphatic carbocycles. The molecular weight excluding hydrogens is 330 g/mol. The summed E-state index contributed by atoms with van der Waals surface area (Å²) in [5.41, 5.74) is 2.53. The number of para-hydroxylation sites is 1. The van der Waals surface area contributed by atoms with Gasteiger partial charge in [0.1, 0.15) is 6.04 Å². The van der Waals surface area contributed by atoms with Crippen LogP contribution >= 0.6 is 0 Å². The predicted octanol–water partition coefficient (Wildman–Crippen LogP) is 1.82. The maximum Gasteiger partial charge on any atom is 0.328 e. The van der Waals surface area contributed by atoms with E-state index >= 15 is 0 Å². The first-order valence-electron chi connectivity index (χ1n) is 9.36. The van der Waals surface area contributed by atoms with E-state index in [2.05, 4.69) is 46.3 Å². The van der Waals surface area contributed by atoms with Crippen molar-refractivity contribution in [2.45, 2.75) is 33.2 Å². The normalized spacial score (nSPS) is 17.5. The van der Waals surface area contributed by atoms with E-state index < -0.39 is 6.04 Å². The number of nitrogens with zero attached hydrogens (tertiary/aromatic N) is 2.